The molecule has 0 N–H and O–H groups in total. The highest BCUT2D eigenvalue weighted by Gasteiger charge is 2.58. The van der Waals surface area contributed by atoms with Gasteiger partial charge in [-0.15, -0.1) is 0 Å². The molecule has 1 aliphatic rings. The number of amides is 2. The monoisotopic (exact) mass is 424 g/mol. The Balaban J connectivity index is 2.13. The second-order valence-electron chi connectivity index (χ2n) is 9.37. The fraction of sp³-hybridized carbons (Fsp3) is 0.440. The number of hydrogen-bond donors (Lipinski definition) is 0. The summed E-state index contributed by atoms with van der Waals surface area (Å²) in [5.74, 6) is 1.05. The summed E-state index contributed by atoms with van der Waals surface area (Å²) in [7, 11) is 4.96. The second-order valence-corrected chi connectivity index (χ2v) is 9.37. The summed E-state index contributed by atoms with van der Waals surface area (Å²) in [6.07, 6.45) is -0.0419. The maximum Gasteiger partial charge on any atom is 0.256 e. The molecule has 1 fully saturated rings. The molecule has 0 aliphatic carbocycles. The summed E-state index contributed by atoms with van der Waals surface area (Å²) in [6.45, 7) is 8.00. The molecule has 2 amide bonds. The van der Waals surface area contributed by atoms with Gasteiger partial charge in [0.1, 0.15) is 23.2 Å². The van der Waals surface area contributed by atoms with Crippen LogP contribution in [-0.4, -0.2) is 54.6 Å². The van der Waals surface area contributed by atoms with E-state index in [-0.39, 0.29) is 23.4 Å². The van der Waals surface area contributed by atoms with Crippen LogP contribution in [0.2, 0.25) is 0 Å². The largest absolute Gasteiger partial charge is 0.497 e. The van der Waals surface area contributed by atoms with Crippen molar-refractivity contribution in [3.63, 3.8) is 0 Å². The standard InChI is InChI=1S/C25H32N2O4/c1-24(2,3)22-26(5)23(29)25(4,27(22)21(28)18-11-9-8-10-12-18)16-17-13-19(30-6)15-20(14-17)31-7/h8-15,22H,16H2,1-7H3/t22-,25+/m1/s1. The summed E-state index contributed by atoms with van der Waals surface area (Å²) in [4.78, 5) is 30.8. The third-order valence-electron chi connectivity index (χ3n) is 5.90. The molecule has 0 bridgehead atoms. The molecule has 2 atom stereocenters. The Morgan fingerprint density at radius 1 is 1.03 bits per heavy atom. The minimum absolute atomic E-state index is 0.0847. The quantitative estimate of drug-likeness (QED) is 0.728. The molecule has 1 saturated heterocycles. The molecular weight excluding hydrogens is 392 g/mol. The number of carbonyl (C=O) groups excluding carboxylic acids is 2. The third kappa shape index (κ3) is 4.11. The molecule has 6 nitrogen and oxygen atoms in total. The van der Waals surface area contributed by atoms with Gasteiger partial charge in [-0.2, -0.15) is 0 Å². The summed E-state index contributed by atoms with van der Waals surface area (Å²) in [6, 6.07) is 14.7. The van der Waals surface area contributed by atoms with Crippen LogP contribution in [0.15, 0.2) is 48.5 Å². The zero-order valence-electron chi connectivity index (χ0n) is 19.4. The molecule has 1 heterocycles. The smallest absolute Gasteiger partial charge is 0.256 e. The lowest BCUT2D eigenvalue weighted by atomic mass is 9.87. The van der Waals surface area contributed by atoms with E-state index in [1.165, 1.54) is 0 Å². The molecule has 0 aromatic heterocycles. The predicted octanol–water partition coefficient (Wildman–Crippen LogP) is 3.99. The van der Waals surface area contributed by atoms with E-state index in [0.717, 1.165) is 5.56 Å². The fourth-order valence-electron chi connectivity index (χ4n) is 4.59. The summed E-state index contributed by atoms with van der Waals surface area (Å²) >= 11 is 0. The molecule has 1 aliphatic heterocycles. The number of hydrogen-bond acceptors (Lipinski definition) is 4. The molecular formula is C25H32N2O4. The highest BCUT2D eigenvalue weighted by molar-refractivity contribution is 6.01. The van der Waals surface area contributed by atoms with Gasteiger partial charge in [-0.25, -0.2) is 0 Å². The van der Waals surface area contributed by atoms with E-state index in [2.05, 4.69) is 0 Å². The van der Waals surface area contributed by atoms with E-state index < -0.39 is 5.54 Å². The predicted molar refractivity (Wildman–Crippen MR) is 120 cm³/mol. The highest BCUT2D eigenvalue weighted by atomic mass is 16.5. The van der Waals surface area contributed by atoms with Crippen LogP contribution in [0, 0.1) is 5.41 Å². The number of likely N-dealkylation sites (N-methyl/N-ethyl adjacent to an activating group) is 1. The summed E-state index contributed by atoms with van der Waals surface area (Å²) in [5, 5.41) is 0. The van der Waals surface area contributed by atoms with Crippen molar-refractivity contribution in [2.45, 2.75) is 45.8 Å². The molecule has 0 spiro atoms. The highest BCUT2D eigenvalue weighted by Crippen LogP contribution is 2.42. The molecule has 2 aromatic carbocycles. The Hall–Kier alpha value is -3.02. The number of methoxy groups -OCH3 is 2. The van der Waals surface area contributed by atoms with Crippen molar-refractivity contribution in [2.75, 3.05) is 21.3 Å². The van der Waals surface area contributed by atoms with Crippen LogP contribution in [-0.2, 0) is 11.2 Å². The first-order valence-corrected chi connectivity index (χ1v) is 10.4. The van der Waals surface area contributed by atoms with Gasteiger partial charge in [0, 0.05) is 30.5 Å². The number of ether oxygens (including phenoxy) is 2. The van der Waals surface area contributed by atoms with Crippen LogP contribution in [0.4, 0.5) is 0 Å². The second kappa shape index (κ2) is 8.25. The Labute approximate surface area is 184 Å². The summed E-state index contributed by atoms with van der Waals surface area (Å²) in [5.41, 5.74) is 0.0329. The van der Waals surface area contributed by atoms with Crippen LogP contribution in [0.1, 0.15) is 43.6 Å². The first kappa shape index (κ1) is 22.7. The fourth-order valence-corrected chi connectivity index (χ4v) is 4.59. The van der Waals surface area contributed by atoms with Crippen molar-refractivity contribution in [1.82, 2.24) is 9.80 Å². The molecule has 0 radical (unpaired) electrons. The lowest BCUT2D eigenvalue weighted by molar-refractivity contribution is -0.132. The summed E-state index contributed by atoms with van der Waals surface area (Å²) < 4.78 is 10.8. The van der Waals surface area contributed by atoms with Crippen LogP contribution in [0.25, 0.3) is 0 Å². The minimum atomic E-state index is -1.06. The van der Waals surface area contributed by atoms with E-state index in [0.29, 0.717) is 23.5 Å². The van der Waals surface area contributed by atoms with Crippen molar-refractivity contribution < 1.29 is 19.1 Å². The maximum atomic E-state index is 13.7. The van der Waals surface area contributed by atoms with Crippen molar-refractivity contribution in [2.24, 2.45) is 5.41 Å². The molecule has 166 valence electrons. The van der Waals surface area contributed by atoms with Crippen LogP contribution in [0.5, 0.6) is 11.5 Å². The Morgan fingerprint density at radius 2 is 1.58 bits per heavy atom. The third-order valence-corrected chi connectivity index (χ3v) is 5.90. The van der Waals surface area contributed by atoms with Crippen LogP contribution < -0.4 is 9.47 Å². The average molecular weight is 425 g/mol. The van der Waals surface area contributed by atoms with Crippen molar-refractivity contribution >= 4 is 11.8 Å². The topological polar surface area (TPSA) is 59.1 Å². The van der Waals surface area contributed by atoms with Crippen molar-refractivity contribution in [1.29, 1.82) is 0 Å². The Kier molecular flexibility index (Phi) is 6.03. The number of nitrogens with zero attached hydrogens (tertiary/aromatic N) is 2. The van der Waals surface area contributed by atoms with Gasteiger partial charge < -0.3 is 19.3 Å². The van der Waals surface area contributed by atoms with Crippen LogP contribution >= 0.6 is 0 Å². The van der Waals surface area contributed by atoms with Crippen LogP contribution in [0.3, 0.4) is 0 Å². The lowest BCUT2D eigenvalue weighted by Gasteiger charge is -2.42. The number of rotatable bonds is 5. The van der Waals surface area contributed by atoms with Crippen molar-refractivity contribution in [3.8, 4) is 11.5 Å². The first-order chi connectivity index (χ1) is 14.5. The molecule has 0 saturated carbocycles. The van der Waals surface area contributed by atoms with E-state index in [1.54, 1.807) is 49.3 Å². The Bertz CT molecular complexity index is 945. The normalized spacial score (nSPS) is 21.4. The van der Waals surface area contributed by atoms with E-state index in [4.69, 9.17) is 9.47 Å². The van der Waals surface area contributed by atoms with E-state index in [1.807, 2.05) is 58.0 Å². The van der Waals surface area contributed by atoms with Crippen molar-refractivity contribution in [3.05, 3.63) is 59.7 Å². The number of benzene rings is 2. The van der Waals surface area contributed by atoms with Gasteiger partial charge in [0.2, 0.25) is 5.91 Å². The lowest BCUT2D eigenvalue weighted by Crippen LogP contribution is -2.56. The zero-order valence-corrected chi connectivity index (χ0v) is 19.4. The van der Waals surface area contributed by atoms with Gasteiger partial charge in [-0.1, -0.05) is 39.0 Å². The van der Waals surface area contributed by atoms with Gasteiger partial charge in [-0.3, -0.25) is 9.59 Å². The van der Waals surface area contributed by atoms with Gasteiger partial charge >= 0.3 is 0 Å². The van der Waals surface area contributed by atoms with Gasteiger partial charge in [-0.05, 0) is 36.8 Å². The number of carbonyl (C=O) groups is 2. The van der Waals surface area contributed by atoms with Gasteiger partial charge in [0.15, 0.2) is 0 Å². The van der Waals surface area contributed by atoms with E-state index >= 15 is 0 Å². The first-order valence-electron chi connectivity index (χ1n) is 10.4. The Morgan fingerprint density at radius 3 is 2.06 bits per heavy atom. The molecule has 31 heavy (non-hydrogen) atoms. The van der Waals surface area contributed by atoms with Gasteiger partial charge in [0.05, 0.1) is 14.2 Å². The maximum absolute atomic E-state index is 13.7. The van der Waals surface area contributed by atoms with E-state index in [9.17, 15) is 9.59 Å². The van der Waals surface area contributed by atoms with Gasteiger partial charge in [0.25, 0.3) is 5.91 Å². The minimum Gasteiger partial charge on any atom is -0.497 e. The molecule has 6 heteroatoms. The SMILES string of the molecule is COc1cc(C[C@@]2(C)C(=O)N(C)[C@@H](C(C)(C)C)N2C(=O)c2ccccc2)cc(OC)c1. The molecule has 0 unspecified atom stereocenters. The zero-order chi connectivity index (χ0) is 23.0. The average Bonchev–Trinajstić information content (AvgIpc) is 2.94. The molecule has 2 aromatic rings. The molecule has 3 rings (SSSR count).